The first-order valence-electron chi connectivity index (χ1n) is 4.87. The molecule has 1 saturated carbocycles. The topological polar surface area (TPSA) is 34.9 Å². The Morgan fingerprint density at radius 3 is 2.86 bits per heavy atom. The van der Waals surface area contributed by atoms with Gasteiger partial charge in [0, 0.05) is 18.8 Å². The number of nitrogens with zero attached hydrogens (tertiary/aromatic N) is 2. The molecule has 0 aromatic carbocycles. The van der Waals surface area contributed by atoms with Crippen molar-refractivity contribution in [2.45, 2.75) is 25.8 Å². The monoisotopic (exact) mass is 210 g/mol. The summed E-state index contributed by atoms with van der Waals surface area (Å²) in [7, 11) is 0. The lowest BCUT2D eigenvalue weighted by atomic mass is 9.70. The molecule has 0 unspecified atom stereocenters. The van der Waals surface area contributed by atoms with Crippen LogP contribution in [-0.2, 0) is 6.54 Å². The van der Waals surface area contributed by atoms with Gasteiger partial charge in [-0.2, -0.15) is 12.6 Å². The predicted octanol–water partition coefficient (Wildman–Crippen LogP) is 1.34. The fourth-order valence-corrected chi connectivity index (χ4v) is 2.32. The first-order chi connectivity index (χ1) is 6.76. The molecule has 1 aromatic rings. The summed E-state index contributed by atoms with van der Waals surface area (Å²) in [5.41, 5.74) is 0.281. The Hall–Kier alpha value is -0.770. The van der Waals surface area contributed by atoms with E-state index in [1.807, 2.05) is 0 Å². The van der Waals surface area contributed by atoms with Gasteiger partial charge in [0.1, 0.15) is 0 Å². The van der Waals surface area contributed by atoms with Gasteiger partial charge in [0.15, 0.2) is 0 Å². The minimum atomic E-state index is 0.0352. The summed E-state index contributed by atoms with van der Waals surface area (Å²) in [4.78, 5) is 15.4. The lowest BCUT2D eigenvalue weighted by molar-refractivity contribution is 0.137. The van der Waals surface area contributed by atoms with Gasteiger partial charge >= 0.3 is 0 Å². The Morgan fingerprint density at radius 1 is 1.57 bits per heavy atom. The first-order valence-corrected chi connectivity index (χ1v) is 5.50. The molecule has 1 fully saturated rings. The standard InChI is InChI=1S/C10H14N2OS/c13-9-2-5-11-8-12(9)6-10(7-14)3-1-4-10/h2,5,8,14H,1,3-4,6-7H2. The fraction of sp³-hybridized carbons (Fsp3) is 0.600. The summed E-state index contributed by atoms with van der Waals surface area (Å²) >= 11 is 4.36. The Labute approximate surface area is 88.6 Å². The molecule has 3 nitrogen and oxygen atoms in total. The number of aromatic nitrogens is 2. The highest BCUT2D eigenvalue weighted by Crippen LogP contribution is 2.42. The van der Waals surface area contributed by atoms with Crippen molar-refractivity contribution in [2.24, 2.45) is 5.41 Å². The van der Waals surface area contributed by atoms with E-state index in [1.54, 1.807) is 10.9 Å². The van der Waals surface area contributed by atoms with Crippen LogP contribution in [0.25, 0.3) is 0 Å². The van der Waals surface area contributed by atoms with Crippen LogP contribution in [0.2, 0.25) is 0 Å². The summed E-state index contributed by atoms with van der Waals surface area (Å²) in [6.45, 7) is 0.767. The van der Waals surface area contributed by atoms with Crippen LogP contribution in [0.5, 0.6) is 0 Å². The Balaban J connectivity index is 2.18. The molecule has 1 aliphatic carbocycles. The molecule has 4 heteroatoms. The van der Waals surface area contributed by atoms with Crippen LogP contribution < -0.4 is 5.56 Å². The van der Waals surface area contributed by atoms with E-state index in [2.05, 4.69) is 17.6 Å². The van der Waals surface area contributed by atoms with Crippen LogP contribution in [0.15, 0.2) is 23.4 Å². The van der Waals surface area contributed by atoms with Crippen LogP contribution in [0.1, 0.15) is 19.3 Å². The number of thiol groups is 1. The molecule has 0 amide bonds. The third-order valence-electron chi connectivity index (χ3n) is 3.05. The molecule has 0 spiro atoms. The maximum absolute atomic E-state index is 11.5. The van der Waals surface area contributed by atoms with Crippen LogP contribution in [0.4, 0.5) is 0 Å². The van der Waals surface area contributed by atoms with E-state index >= 15 is 0 Å². The molecule has 2 rings (SSSR count). The Bertz CT molecular complexity index is 365. The second-order valence-electron chi connectivity index (χ2n) is 4.06. The third-order valence-corrected chi connectivity index (χ3v) is 3.72. The molecule has 1 aliphatic rings. The predicted molar refractivity (Wildman–Crippen MR) is 58.6 cm³/mol. The molecule has 0 atom stereocenters. The second kappa shape index (κ2) is 3.77. The quantitative estimate of drug-likeness (QED) is 0.764. The van der Waals surface area contributed by atoms with E-state index in [0.29, 0.717) is 0 Å². The van der Waals surface area contributed by atoms with E-state index in [-0.39, 0.29) is 11.0 Å². The van der Waals surface area contributed by atoms with Crippen molar-refractivity contribution >= 4 is 12.6 Å². The van der Waals surface area contributed by atoms with Crippen molar-refractivity contribution in [2.75, 3.05) is 5.75 Å². The van der Waals surface area contributed by atoms with Crippen molar-refractivity contribution in [3.8, 4) is 0 Å². The van der Waals surface area contributed by atoms with Gasteiger partial charge in [0.05, 0.1) is 6.33 Å². The minimum Gasteiger partial charge on any atom is -0.299 e. The van der Waals surface area contributed by atoms with Crippen molar-refractivity contribution in [1.29, 1.82) is 0 Å². The number of rotatable bonds is 3. The first kappa shape index (κ1) is 9.77. The average molecular weight is 210 g/mol. The van der Waals surface area contributed by atoms with Gasteiger partial charge in [-0.1, -0.05) is 6.42 Å². The smallest absolute Gasteiger partial charge is 0.253 e. The molecule has 0 aliphatic heterocycles. The summed E-state index contributed by atoms with van der Waals surface area (Å²) in [6.07, 6.45) is 6.77. The number of hydrogen-bond acceptors (Lipinski definition) is 3. The summed E-state index contributed by atoms with van der Waals surface area (Å²) in [5, 5.41) is 0. The van der Waals surface area contributed by atoms with Crippen molar-refractivity contribution in [1.82, 2.24) is 9.55 Å². The van der Waals surface area contributed by atoms with E-state index in [1.165, 1.54) is 31.5 Å². The highest BCUT2D eigenvalue weighted by molar-refractivity contribution is 7.80. The minimum absolute atomic E-state index is 0.0352. The third kappa shape index (κ3) is 1.71. The normalized spacial score (nSPS) is 18.9. The summed E-state index contributed by atoms with van der Waals surface area (Å²) < 4.78 is 1.69. The molecule has 0 radical (unpaired) electrons. The van der Waals surface area contributed by atoms with Gasteiger partial charge in [-0.3, -0.25) is 9.36 Å². The second-order valence-corrected chi connectivity index (χ2v) is 4.37. The van der Waals surface area contributed by atoms with Gasteiger partial charge in [0.2, 0.25) is 0 Å². The SMILES string of the molecule is O=c1ccncn1CC1(CS)CCC1. The maximum Gasteiger partial charge on any atom is 0.253 e. The van der Waals surface area contributed by atoms with Crippen LogP contribution in [-0.4, -0.2) is 15.3 Å². The Kier molecular flexibility index (Phi) is 2.63. The van der Waals surface area contributed by atoms with Gasteiger partial charge in [-0.15, -0.1) is 0 Å². The van der Waals surface area contributed by atoms with Gasteiger partial charge in [0.25, 0.3) is 5.56 Å². The van der Waals surface area contributed by atoms with Crippen molar-refractivity contribution in [3.05, 3.63) is 28.9 Å². The zero-order chi connectivity index (χ0) is 10.0. The molecule has 1 heterocycles. The zero-order valence-electron chi connectivity index (χ0n) is 8.02. The molecule has 0 N–H and O–H groups in total. The summed E-state index contributed by atoms with van der Waals surface area (Å²) in [5.74, 6) is 0.855. The van der Waals surface area contributed by atoms with E-state index in [4.69, 9.17) is 0 Å². The van der Waals surface area contributed by atoms with E-state index in [0.717, 1.165) is 12.3 Å². The van der Waals surface area contributed by atoms with Gasteiger partial charge < -0.3 is 0 Å². The molecule has 14 heavy (non-hydrogen) atoms. The number of hydrogen-bond donors (Lipinski definition) is 1. The highest BCUT2D eigenvalue weighted by Gasteiger charge is 2.35. The highest BCUT2D eigenvalue weighted by atomic mass is 32.1. The largest absolute Gasteiger partial charge is 0.299 e. The molecule has 1 aromatic heterocycles. The van der Waals surface area contributed by atoms with Crippen LogP contribution in [0, 0.1) is 5.41 Å². The van der Waals surface area contributed by atoms with Crippen LogP contribution >= 0.6 is 12.6 Å². The molecular formula is C10H14N2OS. The lowest BCUT2D eigenvalue weighted by Crippen LogP contribution is -2.38. The van der Waals surface area contributed by atoms with Crippen molar-refractivity contribution < 1.29 is 0 Å². The van der Waals surface area contributed by atoms with E-state index in [9.17, 15) is 4.79 Å². The Morgan fingerprint density at radius 2 is 2.36 bits per heavy atom. The molecule has 0 bridgehead atoms. The summed E-state index contributed by atoms with van der Waals surface area (Å²) in [6, 6.07) is 1.50. The average Bonchev–Trinajstić information content (AvgIpc) is 2.14. The van der Waals surface area contributed by atoms with Crippen LogP contribution in [0.3, 0.4) is 0 Å². The molecule has 76 valence electrons. The molecular weight excluding hydrogens is 196 g/mol. The maximum atomic E-state index is 11.5. The molecule has 0 saturated heterocycles. The zero-order valence-corrected chi connectivity index (χ0v) is 8.91. The van der Waals surface area contributed by atoms with Gasteiger partial charge in [-0.05, 0) is 24.0 Å². The van der Waals surface area contributed by atoms with Gasteiger partial charge in [-0.25, -0.2) is 4.98 Å². The van der Waals surface area contributed by atoms with E-state index < -0.39 is 0 Å². The fourth-order valence-electron chi connectivity index (χ4n) is 1.90. The lowest BCUT2D eigenvalue weighted by Gasteiger charge is -2.40. The van der Waals surface area contributed by atoms with Crippen molar-refractivity contribution in [3.63, 3.8) is 0 Å².